The summed E-state index contributed by atoms with van der Waals surface area (Å²) >= 11 is 0. The smallest absolute Gasteiger partial charge is 0.331 e. The molecule has 2 N–H and O–H groups in total. The van der Waals surface area contributed by atoms with E-state index in [1.165, 1.54) is 0 Å². The number of aliphatic hydroxyl groups is 1. The molecule has 3 atom stereocenters. The van der Waals surface area contributed by atoms with Crippen LogP contribution in [0.25, 0.3) is 0 Å². The Bertz CT molecular complexity index is 347. The fourth-order valence-corrected chi connectivity index (χ4v) is 3.37. The van der Waals surface area contributed by atoms with Crippen molar-refractivity contribution in [3.05, 3.63) is 11.6 Å². The third-order valence-electron chi connectivity index (χ3n) is 4.70. The van der Waals surface area contributed by atoms with E-state index in [1.807, 2.05) is 6.92 Å². The molecule has 0 amide bonds. The zero-order chi connectivity index (χ0) is 12.0. The molecule has 0 bridgehead atoms. The van der Waals surface area contributed by atoms with E-state index in [9.17, 15) is 9.90 Å². The number of hydrogen-bond acceptors (Lipinski definition) is 2. The van der Waals surface area contributed by atoms with Crippen LogP contribution in [-0.2, 0) is 4.79 Å². The molecule has 0 aromatic carbocycles. The van der Waals surface area contributed by atoms with Crippen molar-refractivity contribution in [1.29, 1.82) is 0 Å². The summed E-state index contributed by atoms with van der Waals surface area (Å²) in [7, 11) is 0. The zero-order valence-electron chi connectivity index (χ0n) is 9.99. The lowest BCUT2D eigenvalue weighted by molar-refractivity contribution is -0.136. The van der Waals surface area contributed by atoms with Crippen LogP contribution in [-0.4, -0.2) is 21.8 Å². The standard InChI is InChI=1S/C13H20O3/c1-9-4-3-6-12(2)7-5-10(11(14)15)8-13(9,12)16/h8-9,16H,3-7H2,1-2H3,(H,14,15). The lowest BCUT2D eigenvalue weighted by atomic mass is 9.55. The van der Waals surface area contributed by atoms with Crippen LogP contribution in [0.1, 0.15) is 46.0 Å². The highest BCUT2D eigenvalue weighted by atomic mass is 16.4. The second-order valence-electron chi connectivity index (χ2n) is 5.65. The second kappa shape index (κ2) is 3.59. The van der Waals surface area contributed by atoms with Crippen LogP contribution < -0.4 is 0 Å². The molecule has 0 spiro atoms. The maximum atomic E-state index is 11.0. The van der Waals surface area contributed by atoms with E-state index in [-0.39, 0.29) is 11.3 Å². The SMILES string of the molecule is CC1CCCC2(C)CCC(C(=O)O)=CC12O. The molecule has 16 heavy (non-hydrogen) atoms. The molecule has 90 valence electrons. The van der Waals surface area contributed by atoms with Crippen LogP contribution in [0.15, 0.2) is 11.6 Å². The zero-order valence-corrected chi connectivity index (χ0v) is 9.99. The molecular weight excluding hydrogens is 204 g/mol. The summed E-state index contributed by atoms with van der Waals surface area (Å²) in [5.41, 5.74) is -0.672. The maximum Gasteiger partial charge on any atom is 0.331 e. The first-order valence-corrected chi connectivity index (χ1v) is 6.06. The van der Waals surface area contributed by atoms with Crippen LogP contribution in [0.3, 0.4) is 0 Å². The molecule has 0 saturated heterocycles. The average Bonchev–Trinajstić information content (AvgIpc) is 2.20. The molecule has 3 heteroatoms. The summed E-state index contributed by atoms with van der Waals surface area (Å²) in [5.74, 6) is -0.728. The maximum absolute atomic E-state index is 11.0. The lowest BCUT2D eigenvalue weighted by Gasteiger charge is -2.53. The van der Waals surface area contributed by atoms with Gasteiger partial charge < -0.3 is 10.2 Å². The Kier molecular flexibility index (Phi) is 2.61. The molecule has 0 heterocycles. The molecule has 2 rings (SSSR count). The summed E-state index contributed by atoms with van der Waals surface area (Å²) in [5, 5.41) is 19.8. The third kappa shape index (κ3) is 1.49. The highest BCUT2D eigenvalue weighted by Gasteiger charge is 2.53. The van der Waals surface area contributed by atoms with Gasteiger partial charge in [-0.1, -0.05) is 20.3 Å². The molecule has 0 aliphatic heterocycles. The minimum atomic E-state index is -0.919. The Morgan fingerprint density at radius 3 is 2.81 bits per heavy atom. The largest absolute Gasteiger partial charge is 0.478 e. The van der Waals surface area contributed by atoms with Crippen molar-refractivity contribution < 1.29 is 15.0 Å². The Labute approximate surface area is 96.2 Å². The van der Waals surface area contributed by atoms with E-state index in [0.717, 1.165) is 25.7 Å². The van der Waals surface area contributed by atoms with Crippen molar-refractivity contribution >= 4 is 5.97 Å². The van der Waals surface area contributed by atoms with Crippen molar-refractivity contribution in [3.8, 4) is 0 Å². The number of carbonyl (C=O) groups is 1. The van der Waals surface area contributed by atoms with Crippen molar-refractivity contribution in [2.24, 2.45) is 11.3 Å². The molecule has 0 radical (unpaired) electrons. The monoisotopic (exact) mass is 224 g/mol. The molecular formula is C13H20O3. The van der Waals surface area contributed by atoms with Gasteiger partial charge in [0.1, 0.15) is 0 Å². The summed E-state index contributed by atoms with van der Waals surface area (Å²) in [6.45, 7) is 4.12. The van der Waals surface area contributed by atoms with E-state index in [2.05, 4.69) is 6.92 Å². The van der Waals surface area contributed by atoms with E-state index in [1.54, 1.807) is 6.08 Å². The molecule has 2 aliphatic carbocycles. The molecule has 0 aromatic rings. The van der Waals surface area contributed by atoms with Crippen molar-refractivity contribution in [3.63, 3.8) is 0 Å². The van der Waals surface area contributed by atoms with Crippen molar-refractivity contribution in [1.82, 2.24) is 0 Å². The minimum Gasteiger partial charge on any atom is -0.478 e. The Morgan fingerprint density at radius 2 is 2.19 bits per heavy atom. The van der Waals surface area contributed by atoms with Gasteiger partial charge in [0.2, 0.25) is 0 Å². The number of rotatable bonds is 1. The highest BCUT2D eigenvalue weighted by Crippen LogP contribution is 2.54. The summed E-state index contributed by atoms with van der Waals surface area (Å²) < 4.78 is 0. The summed E-state index contributed by atoms with van der Waals surface area (Å²) in [6.07, 6.45) is 6.11. The van der Waals surface area contributed by atoms with Gasteiger partial charge in [0.05, 0.1) is 5.60 Å². The van der Waals surface area contributed by atoms with Crippen LogP contribution in [0, 0.1) is 11.3 Å². The van der Waals surface area contributed by atoms with E-state index < -0.39 is 11.6 Å². The van der Waals surface area contributed by atoms with E-state index in [0.29, 0.717) is 12.0 Å². The Morgan fingerprint density at radius 1 is 1.50 bits per heavy atom. The van der Waals surface area contributed by atoms with Gasteiger partial charge in [-0.05, 0) is 37.7 Å². The minimum absolute atomic E-state index is 0.135. The van der Waals surface area contributed by atoms with Gasteiger partial charge in [0, 0.05) is 11.0 Å². The summed E-state index contributed by atoms with van der Waals surface area (Å²) in [6, 6.07) is 0. The van der Waals surface area contributed by atoms with Crippen LogP contribution in [0.4, 0.5) is 0 Å². The van der Waals surface area contributed by atoms with Gasteiger partial charge in [-0.15, -0.1) is 0 Å². The first-order chi connectivity index (χ1) is 7.39. The summed E-state index contributed by atoms with van der Waals surface area (Å²) in [4.78, 5) is 11.0. The Balaban J connectivity index is 2.42. The van der Waals surface area contributed by atoms with Gasteiger partial charge in [-0.2, -0.15) is 0 Å². The van der Waals surface area contributed by atoms with Crippen molar-refractivity contribution in [2.45, 2.75) is 51.6 Å². The number of carboxylic acid groups (broad SMARTS) is 1. The molecule has 2 aliphatic rings. The molecule has 3 unspecified atom stereocenters. The lowest BCUT2D eigenvalue weighted by Crippen LogP contribution is -2.54. The first kappa shape index (κ1) is 11.6. The predicted octanol–water partition coefficient (Wildman–Crippen LogP) is 2.35. The second-order valence-corrected chi connectivity index (χ2v) is 5.65. The fraction of sp³-hybridized carbons (Fsp3) is 0.769. The van der Waals surface area contributed by atoms with Crippen LogP contribution in [0.2, 0.25) is 0 Å². The van der Waals surface area contributed by atoms with Crippen molar-refractivity contribution in [2.75, 3.05) is 0 Å². The van der Waals surface area contributed by atoms with Gasteiger partial charge >= 0.3 is 5.97 Å². The van der Waals surface area contributed by atoms with E-state index in [4.69, 9.17) is 5.11 Å². The molecule has 3 nitrogen and oxygen atoms in total. The number of aliphatic carboxylic acids is 1. The molecule has 1 fully saturated rings. The van der Waals surface area contributed by atoms with Crippen LogP contribution >= 0.6 is 0 Å². The van der Waals surface area contributed by atoms with Crippen LogP contribution in [0.5, 0.6) is 0 Å². The number of fused-ring (bicyclic) bond motifs is 1. The van der Waals surface area contributed by atoms with Gasteiger partial charge in [-0.3, -0.25) is 0 Å². The third-order valence-corrected chi connectivity index (χ3v) is 4.70. The average molecular weight is 224 g/mol. The topological polar surface area (TPSA) is 57.5 Å². The first-order valence-electron chi connectivity index (χ1n) is 6.06. The fourth-order valence-electron chi connectivity index (χ4n) is 3.37. The molecule has 0 aromatic heterocycles. The quantitative estimate of drug-likeness (QED) is 0.718. The van der Waals surface area contributed by atoms with Gasteiger partial charge in [0.25, 0.3) is 0 Å². The predicted molar refractivity (Wildman–Crippen MR) is 61.0 cm³/mol. The van der Waals surface area contributed by atoms with E-state index >= 15 is 0 Å². The number of carboxylic acids is 1. The molecule has 1 saturated carbocycles. The normalized spacial score (nSPS) is 43.4. The number of hydrogen-bond donors (Lipinski definition) is 2. The van der Waals surface area contributed by atoms with Gasteiger partial charge in [-0.25, -0.2) is 4.79 Å². The highest BCUT2D eigenvalue weighted by molar-refractivity contribution is 5.87. The Hall–Kier alpha value is -0.830. The van der Waals surface area contributed by atoms with Gasteiger partial charge in [0.15, 0.2) is 0 Å².